The normalized spacial score (nSPS) is 14.8. The third kappa shape index (κ3) is 4.37. The Morgan fingerprint density at radius 1 is 0.921 bits per heavy atom. The van der Waals surface area contributed by atoms with E-state index < -0.39 is 0 Å². The van der Waals surface area contributed by atoms with Gasteiger partial charge in [0.2, 0.25) is 5.78 Å². The van der Waals surface area contributed by atoms with Crippen molar-refractivity contribution in [1.82, 2.24) is 39.4 Å². The van der Waals surface area contributed by atoms with E-state index >= 15 is 0 Å². The number of piperidine rings is 1. The van der Waals surface area contributed by atoms with E-state index in [1.807, 2.05) is 16.7 Å². The zero-order valence-electron chi connectivity index (χ0n) is 20.8. The molecule has 0 saturated carbocycles. The highest BCUT2D eigenvalue weighted by Crippen LogP contribution is 2.31. The minimum atomic E-state index is 0.390. The van der Waals surface area contributed by atoms with E-state index in [-0.39, 0.29) is 0 Å². The quantitative estimate of drug-likeness (QED) is 0.338. The Morgan fingerprint density at radius 3 is 2.61 bits per heavy atom. The maximum atomic E-state index is 4.90. The summed E-state index contributed by atoms with van der Waals surface area (Å²) >= 11 is 0. The van der Waals surface area contributed by atoms with Crippen LogP contribution >= 0.6 is 0 Å². The average molecular weight is 502 g/mol. The summed E-state index contributed by atoms with van der Waals surface area (Å²) in [6.45, 7) is 3.01. The molecule has 9 heteroatoms. The van der Waals surface area contributed by atoms with Crippen LogP contribution in [-0.4, -0.2) is 58.6 Å². The molecular weight excluding hydrogens is 474 g/mol. The number of rotatable bonds is 6. The Hall–Kier alpha value is -4.63. The number of aromatic nitrogens is 7. The lowest BCUT2D eigenvalue weighted by Gasteiger charge is -2.32. The first-order valence-corrected chi connectivity index (χ1v) is 12.9. The molecule has 9 nitrogen and oxygen atoms in total. The number of nitrogens with one attached hydrogen (secondary N) is 2. The molecule has 1 aliphatic heterocycles. The highest BCUT2D eigenvalue weighted by Gasteiger charge is 2.21. The fraction of sp³-hybridized carbons (Fsp3) is 0.207. The third-order valence-electron chi connectivity index (χ3n) is 7.28. The Labute approximate surface area is 219 Å². The van der Waals surface area contributed by atoms with Gasteiger partial charge in [0.25, 0.3) is 0 Å². The molecule has 0 aliphatic carbocycles. The van der Waals surface area contributed by atoms with Crippen LogP contribution in [0.1, 0.15) is 18.4 Å². The predicted octanol–water partition coefficient (Wildman–Crippen LogP) is 4.81. The number of imidazole rings is 1. The van der Waals surface area contributed by atoms with Crippen molar-refractivity contribution in [3.8, 4) is 22.4 Å². The molecule has 2 aromatic carbocycles. The van der Waals surface area contributed by atoms with Gasteiger partial charge in [-0.05, 0) is 24.0 Å². The number of hydrogen-bond donors (Lipinski definition) is 2. The molecule has 2 N–H and O–H groups in total. The van der Waals surface area contributed by atoms with Gasteiger partial charge < -0.3 is 5.32 Å². The standard InChI is InChI=1S/C29H27N9/c1-2-4-21(5-3-1)25-18-38-15-12-30-29(38)35-26(25)22-8-6-20(7-9-22)17-37-13-10-23(11-14-37)34-27-24-16-33-36-28(24)32-19-31-27/h1-9,12,15-16,18-19,23H,10-11,13-14,17H2,(H2,31,32,33,34,36). The van der Waals surface area contributed by atoms with Crippen LogP contribution in [0.3, 0.4) is 0 Å². The summed E-state index contributed by atoms with van der Waals surface area (Å²) in [6.07, 6.45) is 11.3. The second-order valence-corrected chi connectivity index (χ2v) is 9.75. The molecule has 1 saturated heterocycles. The maximum Gasteiger partial charge on any atom is 0.234 e. The lowest BCUT2D eigenvalue weighted by Crippen LogP contribution is -2.38. The molecule has 0 bridgehead atoms. The second kappa shape index (κ2) is 9.68. The molecule has 1 fully saturated rings. The van der Waals surface area contributed by atoms with Crippen molar-refractivity contribution in [2.24, 2.45) is 0 Å². The van der Waals surface area contributed by atoms with Gasteiger partial charge in [0.1, 0.15) is 12.1 Å². The van der Waals surface area contributed by atoms with Crippen molar-refractivity contribution >= 4 is 22.6 Å². The van der Waals surface area contributed by atoms with Crippen molar-refractivity contribution in [2.75, 3.05) is 18.4 Å². The largest absolute Gasteiger partial charge is 0.367 e. The zero-order valence-corrected chi connectivity index (χ0v) is 20.8. The van der Waals surface area contributed by atoms with Crippen LogP contribution in [0, 0.1) is 0 Å². The third-order valence-corrected chi connectivity index (χ3v) is 7.28. The van der Waals surface area contributed by atoms with E-state index in [1.54, 1.807) is 18.7 Å². The second-order valence-electron chi connectivity index (χ2n) is 9.75. The van der Waals surface area contributed by atoms with Crippen LogP contribution in [0.2, 0.25) is 0 Å². The summed E-state index contributed by atoms with van der Waals surface area (Å²) in [4.78, 5) is 20.5. The Bertz CT molecular complexity index is 1680. The first kappa shape index (κ1) is 22.6. The van der Waals surface area contributed by atoms with Gasteiger partial charge in [-0.1, -0.05) is 54.6 Å². The molecule has 0 radical (unpaired) electrons. The van der Waals surface area contributed by atoms with E-state index in [0.717, 1.165) is 71.7 Å². The van der Waals surface area contributed by atoms with Crippen molar-refractivity contribution in [3.05, 3.63) is 91.3 Å². The number of H-pyrrole nitrogens is 1. The fourth-order valence-electron chi connectivity index (χ4n) is 5.24. The predicted molar refractivity (Wildman–Crippen MR) is 147 cm³/mol. The van der Waals surface area contributed by atoms with Gasteiger partial charge in [0.05, 0.1) is 17.3 Å². The van der Waals surface area contributed by atoms with Crippen molar-refractivity contribution in [1.29, 1.82) is 0 Å². The first-order valence-electron chi connectivity index (χ1n) is 12.9. The average Bonchev–Trinajstić information content (AvgIpc) is 3.64. The molecular formula is C29H27N9. The smallest absolute Gasteiger partial charge is 0.234 e. The molecule has 7 rings (SSSR count). The van der Waals surface area contributed by atoms with Gasteiger partial charge in [0, 0.05) is 55.4 Å². The van der Waals surface area contributed by atoms with Gasteiger partial charge in [0.15, 0.2) is 5.65 Å². The molecule has 4 aromatic heterocycles. The zero-order chi connectivity index (χ0) is 25.3. The molecule has 1 aliphatic rings. The number of nitrogens with zero attached hydrogens (tertiary/aromatic N) is 7. The molecule has 0 spiro atoms. The summed E-state index contributed by atoms with van der Waals surface area (Å²) in [6, 6.07) is 19.6. The number of anilines is 1. The van der Waals surface area contributed by atoms with Gasteiger partial charge in [-0.3, -0.25) is 14.4 Å². The van der Waals surface area contributed by atoms with E-state index in [0.29, 0.717) is 11.8 Å². The highest BCUT2D eigenvalue weighted by atomic mass is 15.2. The Morgan fingerprint density at radius 2 is 1.76 bits per heavy atom. The van der Waals surface area contributed by atoms with Crippen molar-refractivity contribution in [3.63, 3.8) is 0 Å². The van der Waals surface area contributed by atoms with Gasteiger partial charge >= 0.3 is 0 Å². The lowest BCUT2D eigenvalue weighted by atomic mass is 9.99. The number of hydrogen-bond acceptors (Lipinski definition) is 7. The summed E-state index contributed by atoms with van der Waals surface area (Å²) in [5.74, 6) is 1.56. The number of aromatic amines is 1. The monoisotopic (exact) mass is 501 g/mol. The summed E-state index contributed by atoms with van der Waals surface area (Å²) in [5, 5.41) is 11.5. The summed E-state index contributed by atoms with van der Waals surface area (Å²) < 4.78 is 1.97. The molecule has 0 amide bonds. The molecule has 188 valence electrons. The van der Waals surface area contributed by atoms with Gasteiger partial charge in [-0.25, -0.2) is 19.9 Å². The van der Waals surface area contributed by atoms with Crippen LogP contribution in [0.4, 0.5) is 5.82 Å². The Kier molecular flexibility index (Phi) is 5.75. The Balaban J connectivity index is 1.04. The van der Waals surface area contributed by atoms with Gasteiger partial charge in [-0.2, -0.15) is 5.10 Å². The van der Waals surface area contributed by atoms with Crippen LogP contribution in [-0.2, 0) is 6.54 Å². The van der Waals surface area contributed by atoms with Crippen LogP contribution in [0.5, 0.6) is 0 Å². The molecule has 0 unspecified atom stereocenters. The summed E-state index contributed by atoms with van der Waals surface area (Å²) in [7, 11) is 0. The van der Waals surface area contributed by atoms with E-state index in [4.69, 9.17) is 4.98 Å². The minimum absolute atomic E-state index is 0.390. The molecule has 5 heterocycles. The van der Waals surface area contributed by atoms with Crippen molar-refractivity contribution in [2.45, 2.75) is 25.4 Å². The highest BCUT2D eigenvalue weighted by molar-refractivity contribution is 5.85. The first-order chi connectivity index (χ1) is 18.8. The van der Waals surface area contributed by atoms with E-state index in [2.05, 4.69) is 90.1 Å². The minimum Gasteiger partial charge on any atom is -0.367 e. The van der Waals surface area contributed by atoms with Crippen LogP contribution < -0.4 is 5.32 Å². The molecule has 0 atom stereocenters. The van der Waals surface area contributed by atoms with Crippen molar-refractivity contribution < 1.29 is 0 Å². The SMILES string of the molecule is c1ccc(-c2cn3ccnc3nc2-c2ccc(CN3CCC(Nc4ncnc5[nH]ncc45)CC3)cc2)cc1. The number of likely N-dealkylation sites (tertiary alicyclic amines) is 1. The number of benzene rings is 2. The van der Waals surface area contributed by atoms with E-state index in [1.165, 1.54) is 5.56 Å². The molecule has 38 heavy (non-hydrogen) atoms. The summed E-state index contributed by atoms with van der Waals surface area (Å²) in [5.41, 5.74) is 6.34. The van der Waals surface area contributed by atoms with E-state index in [9.17, 15) is 0 Å². The number of fused-ring (bicyclic) bond motifs is 2. The van der Waals surface area contributed by atoms with Crippen LogP contribution in [0.25, 0.3) is 39.2 Å². The topological polar surface area (TPSA) is 99.9 Å². The molecule has 6 aromatic rings. The van der Waals surface area contributed by atoms with Crippen LogP contribution in [0.15, 0.2) is 85.7 Å². The lowest BCUT2D eigenvalue weighted by molar-refractivity contribution is 0.211. The van der Waals surface area contributed by atoms with Gasteiger partial charge in [-0.15, -0.1) is 0 Å². The maximum absolute atomic E-state index is 4.90. The fourth-order valence-corrected chi connectivity index (χ4v) is 5.24.